The molecule has 0 aliphatic carbocycles. The maximum Gasteiger partial charge on any atom is 0.327 e. The van der Waals surface area contributed by atoms with Gasteiger partial charge >= 0.3 is 12.0 Å². The Morgan fingerprint density at radius 1 is 1.06 bits per heavy atom. The summed E-state index contributed by atoms with van der Waals surface area (Å²) in [7, 11) is 0. The third-order valence-corrected chi connectivity index (χ3v) is 4.56. The fourth-order valence-electron chi connectivity index (χ4n) is 2.48. The molecule has 0 radical (unpaired) electrons. The molecule has 102 valence electrons. The number of carboxylic acid groups (broad SMARTS) is 1. The Hall–Kier alpha value is -0.910. The third-order valence-electron chi connectivity index (χ3n) is 3.54. The van der Waals surface area contributed by atoms with Gasteiger partial charge in [-0.3, -0.25) is 0 Å². The lowest BCUT2D eigenvalue weighted by atomic mass is 10.2. The molecule has 0 aromatic rings. The van der Waals surface area contributed by atoms with Gasteiger partial charge in [0.1, 0.15) is 6.04 Å². The summed E-state index contributed by atoms with van der Waals surface area (Å²) in [5, 5.41) is 9.19. The minimum absolute atomic E-state index is 0.0791. The summed E-state index contributed by atoms with van der Waals surface area (Å²) >= 11 is 1.61. The smallest absolute Gasteiger partial charge is 0.327 e. The summed E-state index contributed by atoms with van der Waals surface area (Å²) in [6.07, 6.45) is 4.40. The van der Waals surface area contributed by atoms with E-state index in [0.717, 1.165) is 31.7 Å². The maximum absolute atomic E-state index is 12.4. The second-order valence-corrected chi connectivity index (χ2v) is 5.96. The predicted octanol–water partition coefficient (Wildman–Crippen LogP) is 1.48. The van der Waals surface area contributed by atoms with Gasteiger partial charge in [-0.2, -0.15) is 11.8 Å². The van der Waals surface area contributed by atoms with Crippen molar-refractivity contribution in [1.29, 1.82) is 0 Å². The molecule has 6 heteroatoms. The SMILES string of the molecule is O=C(O)C1CSCCN1C(=O)N1CCCCCC1. The van der Waals surface area contributed by atoms with Crippen LogP contribution >= 0.6 is 11.8 Å². The first-order valence-corrected chi connectivity index (χ1v) is 7.71. The van der Waals surface area contributed by atoms with Crippen LogP contribution in [0.1, 0.15) is 25.7 Å². The Morgan fingerprint density at radius 3 is 2.33 bits per heavy atom. The first kappa shape index (κ1) is 13.5. The molecule has 2 aliphatic heterocycles. The predicted molar refractivity (Wildman–Crippen MR) is 70.9 cm³/mol. The largest absolute Gasteiger partial charge is 0.480 e. The normalized spacial score (nSPS) is 25.7. The molecule has 2 amide bonds. The second kappa shape index (κ2) is 6.31. The summed E-state index contributed by atoms with van der Waals surface area (Å²) in [4.78, 5) is 27.0. The van der Waals surface area contributed by atoms with E-state index in [0.29, 0.717) is 12.3 Å². The van der Waals surface area contributed by atoms with Crippen molar-refractivity contribution in [3.63, 3.8) is 0 Å². The van der Waals surface area contributed by atoms with E-state index in [9.17, 15) is 14.7 Å². The van der Waals surface area contributed by atoms with Crippen molar-refractivity contribution in [3.05, 3.63) is 0 Å². The second-order valence-electron chi connectivity index (χ2n) is 4.81. The number of carbonyl (C=O) groups excluding carboxylic acids is 1. The zero-order valence-corrected chi connectivity index (χ0v) is 11.3. The summed E-state index contributed by atoms with van der Waals surface area (Å²) in [6, 6.07) is -0.732. The molecule has 18 heavy (non-hydrogen) atoms. The summed E-state index contributed by atoms with van der Waals surface area (Å²) in [6.45, 7) is 2.10. The van der Waals surface area contributed by atoms with Crippen LogP contribution in [0, 0.1) is 0 Å². The van der Waals surface area contributed by atoms with Crippen LogP contribution in [0.5, 0.6) is 0 Å². The Kier molecular flexibility index (Phi) is 4.74. The molecule has 2 fully saturated rings. The van der Waals surface area contributed by atoms with Crippen LogP contribution in [0.25, 0.3) is 0 Å². The first-order chi connectivity index (χ1) is 8.70. The Bertz CT molecular complexity index is 316. The lowest BCUT2D eigenvalue weighted by molar-refractivity contribution is -0.141. The number of thioether (sulfide) groups is 1. The molecular weight excluding hydrogens is 252 g/mol. The molecule has 2 aliphatic rings. The van der Waals surface area contributed by atoms with Crippen LogP contribution in [-0.4, -0.2) is 64.1 Å². The average molecular weight is 272 g/mol. The zero-order chi connectivity index (χ0) is 13.0. The fraction of sp³-hybridized carbons (Fsp3) is 0.833. The number of nitrogens with zero attached hydrogens (tertiary/aromatic N) is 2. The van der Waals surface area contributed by atoms with Crippen molar-refractivity contribution in [3.8, 4) is 0 Å². The average Bonchev–Trinajstić information content (AvgIpc) is 2.66. The summed E-state index contributed by atoms with van der Waals surface area (Å²) in [5.74, 6) is 0.462. The van der Waals surface area contributed by atoms with Gasteiger partial charge < -0.3 is 14.9 Å². The summed E-state index contributed by atoms with van der Waals surface area (Å²) < 4.78 is 0. The molecule has 5 nitrogen and oxygen atoms in total. The van der Waals surface area contributed by atoms with Gasteiger partial charge in [0.15, 0.2) is 0 Å². The van der Waals surface area contributed by atoms with Gasteiger partial charge in [0.05, 0.1) is 0 Å². The van der Waals surface area contributed by atoms with Gasteiger partial charge in [0.25, 0.3) is 0 Å². The van der Waals surface area contributed by atoms with Gasteiger partial charge in [0.2, 0.25) is 0 Å². The highest BCUT2D eigenvalue weighted by Crippen LogP contribution is 2.20. The number of hydrogen-bond donors (Lipinski definition) is 1. The van der Waals surface area contributed by atoms with Crippen molar-refractivity contribution in [2.45, 2.75) is 31.7 Å². The van der Waals surface area contributed by atoms with Crippen molar-refractivity contribution in [2.75, 3.05) is 31.1 Å². The zero-order valence-electron chi connectivity index (χ0n) is 10.5. The number of aliphatic carboxylic acids is 1. The Labute approximate surface area is 112 Å². The Morgan fingerprint density at radius 2 is 1.72 bits per heavy atom. The quantitative estimate of drug-likeness (QED) is 0.785. The molecule has 2 rings (SSSR count). The van der Waals surface area contributed by atoms with Crippen LogP contribution in [0.3, 0.4) is 0 Å². The molecule has 0 aromatic carbocycles. The van der Waals surface area contributed by atoms with E-state index < -0.39 is 12.0 Å². The van der Waals surface area contributed by atoms with Crippen molar-refractivity contribution < 1.29 is 14.7 Å². The van der Waals surface area contributed by atoms with Crippen LogP contribution in [0.2, 0.25) is 0 Å². The highest BCUT2D eigenvalue weighted by molar-refractivity contribution is 7.99. The standard InChI is InChI=1S/C12H20N2O3S/c15-11(16)10-9-18-8-7-14(10)12(17)13-5-3-1-2-4-6-13/h10H,1-9H2,(H,15,16). The van der Waals surface area contributed by atoms with E-state index in [1.165, 1.54) is 12.8 Å². The molecule has 0 saturated carbocycles. The van der Waals surface area contributed by atoms with E-state index in [-0.39, 0.29) is 6.03 Å². The van der Waals surface area contributed by atoms with E-state index in [1.807, 2.05) is 4.90 Å². The van der Waals surface area contributed by atoms with Crippen LogP contribution in [-0.2, 0) is 4.79 Å². The number of urea groups is 1. The van der Waals surface area contributed by atoms with E-state index in [1.54, 1.807) is 16.7 Å². The molecule has 1 N–H and O–H groups in total. The minimum Gasteiger partial charge on any atom is -0.480 e. The fourth-order valence-corrected chi connectivity index (χ4v) is 3.52. The van der Waals surface area contributed by atoms with E-state index >= 15 is 0 Å². The maximum atomic E-state index is 12.4. The van der Waals surface area contributed by atoms with Gasteiger partial charge in [-0.05, 0) is 12.8 Å². The van der Waals surface area contributed by atoms with Gasteiger partial charge in [-0.25, -0.2) is 9.59 Å². The number of hydrogen-bond acceptors (Lipinski definition) is 3. The van der Waals surface area contributed by atoms with Crippen LogP contribution < -0.4 is 0 Å². The lowest BCUT2D eigenvalue weighted by Crippen LogP contribution is -2.55. The van der Waals surface area contributed by atoms with Crippen LogP contribution in [0.4, 0.5) is 4.79 Å². The van der Waals surface area contributed by atoms with Crippen molar-refractivity contribution in [2.24, 2.45) is 0 Å². The Balaban J connectivity index is 2.02. The molecule has 0 bridgehead atoms. The highest BCUT2D eigenvalue weighted by atomic mass is 32.2. The van der Waals surface area contributed by atoms with E-state index in [2.05, 4.69) is 0 Å². The van der Waals surface area contributed by atoms with Gasteiger partial charge in [-0.1, -0.05) is 12.8 Å². The number of rotatable bonds is 1. The highest BCUT2D eigenvalue weighted by Gasteiger charge is 2.34. The molecule has 1 atom stereocenters. The molecule has 0 aromatic heterocycles. The van der Waals surface area contributed by atoms with Crippen molar-refractivity contribution >= 4 is 23.8 Å². The van der Waals surface area contributed by atoms with Crippen molar-refractivity contribution in [1.82, 2.24) is 9.80 Å². The molecule has 2 heterocycles. The molecular formula is C12H20N2O3S. The minimum atomic E-state index is -0.884. The number of amides is 2. The molecule has 2 saturated heterocycles. The van der Waals surface area contributed by atoms with Crippen LogP contribution in [0.15, 0.2) is 0 Å². The van der Waals surface area contributed by atoms with E-state index in [4.69, 9.17) is 0 Å². The molecule has 1 unspecified atom stereocenters. The first-order valence-electron chi connectivity index (χ1n) is 6.56. The topological polar surface area (TPSA) is 60.9 Å². The molecule has 0 spiro atoms. The van der Waals surface area contributed by atoms with Gasteiger partial charge in [0, 0.05) is 31.1 Å². The lowest BCUT2D eigenvalue weighted by Gasteiger charge is -2.36. The van der Waals surface area contributed by atoms with Gasteiger partial charge in [-0.15, -0.1) is 0 Å². The monoisotopic (exact) mass is 272 g/mol. The number of carboxylic acids is 1. The third kappa shape index (κ3) is 3.10. The number of carbonyl (C=O) groups is 2. The summed E-state index contributed by atoms with van der Waals surface area (Å²) in [5.41, 5.74) is 0. The number of likely N-dealkylation sites (tertiary alicyclic amines) is 1.